The van der Waals surface area contributed by atoms with Crippen molar-refractivity contribution in [2.45, 2.75) is 25.9 Å². The van der Waals surface area contributed by atoms with E-state index in [0.29, 0.717) is 16.5 Å². The largest absolute Gasteiger partial charge is 0.476 e. The molecule has 2 amide bonds. The zero-order chi connectivity index (χ0) is 18.9. The predicted molar refractivity (Wildman–Crippen MR) is 98.2 cm³/mol. The molecule has 2 aromatic rings. The number of ether oxygens (including phenoxy) is 1. The Balaban J connectivity index is 1.76. The van der Waals surface area contributed by atoms with Gasteiger partial charge in [-0.2, -0.15) is 0 Å². The Kier molecular flexibility index (Phi) is 4.87. The molecule has 7 heteroatoms. The van der Waals surface area contributed by atoms with Crippen molar-refractivity contribution in [3.8, 4) is 5.75 Å². The standard InChI is InChI=1S/C19H18ClFN2O3/c1-19(2)18(25)23(15-11-12(20)7-8-16(15)26-19)10-9-17(24)22-14-6-4-3-5-13(14)21/h3-8,11H,9-10H2,1-2H3,(H,22,24). The SMILES string of the molecule is CC1(C)Oc2ccc(Cl)cc2N(CCC(=O)Nc2ccccc2F)C1=O. The third-order valence-corrected chi connectivity index (χ3v) is 4.28. The van der Waals surface area contributed by atoms with Gasteiger partial charge < -0.3 is 15.0 Å². The summed E-state index contributed by atoms with van der Waals surface area (Å²) in [6.07, 6.45) is 0.00209. The van der Waals surface area contributed by atoms with E-state index in [2.05, 4.69) is 5.32 Å². The van der Waals surface area contributed by atoms with Crippen LogP contribution < -0.4 is 15.0 Å². The number of para-hydroxylation sites is 1. The molecule has 1 N–H and O–H groups in total. The van der Waals surface area contributed by atoms with Gasteiger partial charge in [-0.25, -0.2) is 4.39 Å². The van der Waals surface area contributed by atoms with E-state index in [1.54, 1.807) is 44.2 Å². The smallest absolute Gasteiger partial charge is 0.270 e. The van der Waals surface area contributed by atoms with E-state index in [9.17, 15) is 14.0 Å². The molecule has 0 unspecified atom stereocenters. The van der Waals surface area contributed by atoms with Gasteiger partial charge in [0, 0.05) is 18.0 Å². The fraction of sp³-hybridized carbons (Fsp3) is 0.263. The van der Waals surface area contributed by atoms with Gasteiger partial charge in [-0.3, -0.25) is 9.59 Å². The maximum absolute atomic E-state index is 13.6. The molecule has 5 nitrogen and oxygen atoms in total. The molecule has 0 fully saturated rings. The molecule has 136 valence electrons. The number of rotatable bonds is 4. The van der Waals surface area contributed by atoms with Crippen LogP contribution in [0.25, 0.3) is 0 Å². The molecule has 0 aromatic heterocycles. The van der Waals surface area contributed by atoms with Crippen molar-refractivity contribution in [1.29, 1.82) is 0 Å². The summed E-state index contributed by atoms with van der Waals surface area (Å²) in [5.41, 5.74) is -0.432. The fourth-order valence-electron chi connectivity index (χ4n) is 2.75. The van der Waals surface area contributed by atoms with Crippen molar-refractivity contribution < 1.29 is 18.7 Å². The Morgan fingerprint density at radius 3 is 2.73 bits per heavy atom. The molecule has 3 rings (SSSR count). The van der Waals surface area contributed by atoms with Crippen LogP contribution in [-0.2, 0) is 9.59 Å². The molecule has 26 heavy (non-hydrogen) atoms. The van der Waals surface area contributed by atoms with Crippen LogP contribution in [0.3, 0.4) is 0 Å². The number of amides is 2. The highest BCUT2D eigenvalue weighted by Crippen LogP contribution is 2.39. The molecule has 0 radical (unpaired) electrons. The Morgan fingerprint density at radius 2 is 2.00 bits per heavy atom. The van der Waals surface area contributed by atoms with Crippen LogP contribution in [0.2, 0.25) is 5.02 Å². The minimum atomic E-state index is -1.05. The second-order valence-corrected chi connectivity index (χ2v) is 6.90. The van der Waals surface area contributed by atoms with Crippen LogP contribution in [0.1, 0.15) is 20.3 Å². The molecule has 0 bridgehead atoms. The molecule has 1 aliphatic rings. The van der Waals surface area contributed by atoms with Crippen molar-refractivity contribution in [3.63, 3.8) is 0 Å². The van der Waals surface area contributed by atoms with Gasteiger partial charge in [0.1, 0.15) is 11.6 Å². The molecule has 0 aliphatic carbocycles. The zero-order valence-electron chi connectivity index (χ0n) is 14.4. The molecule has 0 atom stereocenters. The third kappa shape index (κ3) is 3.65. The van der Waals surface area contributed by atoms with Gasteiger partial charge in [0.2, 0.25) is 5.91 Å². The highest BCUT2D eigenvalue weighted by atomic mass is 35.5. The Labute approximate surface area is 155 Å². The monoisotopic (exact) mass is 376 g/mol. The fourth-order valence-corrected chi connectivity index (χ4v) is 2.92. The van der Waals surface area contributed by atoms with Gasteiger partial charge in [-0.15, -0.1) is 0 Å². The molecule has 1 heterocycles. The first-order chi connectivity index (χ1) is 12.3. The Bertz CT molecular complexity index is 870. The number of anilines is 2. The van der Waals surface area contributed by atoms with Crippen molar-refractivity contribution >= 4 is 34.8 Å². The lowest BCUT2D eigenvalue weighted by Gasteiger charge is -2.38. The second-order valence-electron chi connectivity index (χ2n) is 6.46. The highest BCUT2D eigenvalue weighted by molar-refractivity contribution is 6.31. The summed E-state index contributed by atoms with van der Waals surface area (Å²) in [7, 11) is 0. The van der Waals surface area contributed by atoms with E-state index in [4.69, 9.17) is 16.3 Å². The van der Waals surface area contributed by atoms with Gasteiger partial charge in [-0.1, -0.05) is 23.7 Å². The van der Waals surface area contributed by atoms with Crippen molar-refractivity contribution in [3.05, 3.63) is 53.3 Å². The quantitative estimate of drug-likeness (QED) is 0.877. The first-order valence-electron chi connectivity index (χ1n) is 8.13. The number of halogens is 2. The van der Waals surface area contributed by atoms with Gasteiger partial charge in [0.25, 0.3) is 5.91 Å². The van der Waals surface area contributed by atoms with E-state index in [1.165, 1.54) is 17.0 Å². The molecule has 0 saturated carbocycles. The van der Waals surface area contributed by atoms with Crippen LogP contribution in [0.4, 0.5) is 15.8 Å². The summed E-state index contributed by atoms with van der Waals surface area (Å²) in [6.45, 7) is 3.46. The minimum Gasteiger partial charge on any atom is -0.476 e. The first kappa shape index (κ1) is 18.2. The number of fused-ring (bicyclic) bond motifs is 1. The van der Waals surface area contributed by atoms with Crippen LogP contribution >= 0.6 is 11.6 Å². The summed E-state index contributed by atoms with van der Waals surface area (Å²) in [6, 6.07) is 10.9. The number of hydrogen-bond acceptors (Lipinski definition) is 3. The van der Waals surface area contributed by atoms with Gasteiger partial charge in [0.05, 0.1) is 11.4 Å². The average molecular weight is 377 g/mol. The average Bonchev–Trinajstić information content (AvgIpc) is 2.58. The first-order valence-corrected chi connectivity index (χ1v) is 8.50. The number of carbonyl (C=O) groups excluding carboxylic acids is 2. The Morgan fingerprint density at radius 1 is 1.27 bits per heavy atom. The van der Waals surface area contributed by atoms with Gasteiger partial charge in [0.15, 0.2) is 5.60 Å². The van der Waals surface area contributed by atoms with Crippen LogP contribution in [0, 0.1) is 5.82 Å². The number of nitrogens with one attached hydrogen (secondary N) is 1. The number of hydrogen-bond donors (Lipinski definition) is 1. The number of carbonyl (C=O) groups is 2. The summed E-state index contributed by atoms with van der Waals surface area (Å²) in [5.74, 6) is -0.656. The topological polar surface area (TPSA) is 58.6 Å². The van der Waals surface area contributed by atoms with Crippen LogP contribution in [-0.4, -0.2) is 24.0 Å². The van der Waals surface area contributed by atoms with Crippen LogP contribution in [0.5, 0.6) is 5.75 Å². The van der Waals surface area contributed by atoms with Gasteiger partial charge in [-0.05, 0) is 44.2 Å². The molecule has 2 aromatic carbocycles. The summed E-state index contributed by atoms with van der Waals surface area (Å²) < 4.78 is 19.4. The normalized spacial score (nSPS) is 15.2. The number of benzene rings is 2. The van der Waals surface area contributed by atoms with E-state index < -0.39 is 17.3 Å². The minimum absolute atomic E-state index is 0.00209. The van der Waals surface area contributed by atoms with Crippen molar-refractivity contribution in [2.24, 2.45) is 0 Å². The zero-order valence-corrected chi connectivity index (χ0v) is 15.1. The molecular formula is C19H18ClFN2O3. The highest BCUT2D eigenvalue weighted by Gasteiger charge is 2.40. The lowest BCUT2D eigenvalue weighted by molar-refractivity contribution is -0.132. The molecule has 0 spiro atoms. The van der Waals surface area contributed by atoms with E-state index in [1.807, 2.05) is 0 Å². The molecule has 0 saturated heterocycles. The lowest BCUT2D eigenvalue weighted by Crippen LogP contribution is -2.53. The van der Waals surface area contributed by atoms with Crippen molar-refractivity contribution in [1.82, 2.24) is 0 Å². The summed E-state index contributed by atoms with van der Waals surface area (Å²) in [5, 5.41) is 2.97. The third-order valence-electron chi connectivity index (χ3n) is 4.05. The Hall–Kier alpha value is -2.60. The van der Waals surface area contributed by atoms with Crippen LogP contribution in [0.15, 0.2) is 42.5 Å². The summed E-state index contributed by atoms with van der Waals surface area (Å²) in [4.78, 5) is 26.4. The maximum Gasteiger partial charge on any atom is 0.270 e. The lowest BCUT2D eigenvalue weighted by atomic mass is 10.0. The van der Waals surface area contributed by atoms with E-state index >= 15 is 0 Å². The van der Waals surface area contributed by atoms with E-state index in [-0.39, 0.29) is 24.6 Å². The maximum atomic E-state index is 13.6. The van der Waals surface area contributed by atoms with Crippen molar-refractivity contribution in [2.75, 3.05) is 16.8 Å². The molecular weight excluding hydrogens is 359 g/mol. The second kappa shape index (κ2) is 6.96. The van der Waals surface area contributed by atoms with E-state index in [0.717, 1.165) is 0 Å². The molecule has 1 aliphatic heterocycles. The summed E-state index contributed by atoms with van der Waals surface area (Å²) >= 11 is 6.03. The number of nitrogens with zero attached hydrogens (tertiary/aromatic N) is 1. The van der Waals surface area contributed by atoms with Gasteiger partial charge >= 0.3 is 0 Å². The predicted octanol–water partition coefficient (Wildman–Crippen LogP) is 4.01.